The molecule has 1 aromatic heterocycles. The van der Waals surface area contributed by atoms with Gasteiger partial charge in [-0.1, -0.05) is 13.0 Å². The van der Waals surface area contributed by atoms with E-state index in [9.17, 15) is 13.2 Å². The number of thiophene rings is 1. The third-order valence-electron chi connectivity index (χ3n) is 5.29. The number of hydrogen-bond donors (Lipinski definition) is 0. The highest BCUT2D eigenvalue weighted by Crippen LogP contribution is 2.42. The summed E-state index contributed by atoms with van der Waals surface area (Å²) in [6.45, 7) is 2.96. The molecule has 0 radical (unpaired) electrons. The lowest BCUT2D eigenvalue weighted by molar-refractivity contribution is -0.118. The van der Waals surface area contributed by atoms with E-state index in [-0.39, 0.29) is 16.8 Å². The van der Waals surface area contributed by atoms with Crippen LogP contribution in [0.25, 0.3) is 0 Å². The summed E-state index contributed by atoms with van der Waals surface area (Å²) < 4.78 is 29.2. The lowest BCUT2D eigenvalue weighted by Crippen LogP contribution is -2.31. The van der Waals surface area contributed by atoms with Crippen molar-refractivity contribution in [2.45, 2.75) is 43.5 Å². The van der Waals surface area contributed by atoms with Gasteiger partial charge in [0.05, 0.1) is 10.9 Å². The Balaban J connectivity index is 1.75. The Morgan fingerprint density at radius 1 is 1.33 bits per heavy atom. The minimum Gasteiger partial charge on any atom is -0.312 e. The Labute approximate surface area is 172 Å². The summed E-state index contributed by atoms with van der Waals surface area (Å²) in [4.78, 5) is 15.3. The molecule has 1 atom stereocenters. The third-order valence-corrected chi connectivity index (χ3v) is 9.13. The number of sulfonamides is 1. The van der Waals surface area contributed by atoms with Crippen LogP contribution in [0.2, 0.25) is 0 Å². The Hall–Kier alpha value is -1.22. The van der Waals surface area contributed by atoms with Crippen LogP contribution in [-0.4, -0.2) is 31.7 Å². The number of carbonyl (C=O) groups is 1. The van der Waals surface area contributed by atoms with Crippen LogP contribution in [0.5, 0.6) is 0 Å². The molecule has 0 spiro atoms. The highest BCUT2D eigenvalue weighted by Gasteiger charge is 2.38. The molecule has 1 amide bonds. The minimum atomic E-state index is -3.67. The van der Waals surface area contributed by atoms with Gasteiger partial charge in [0.1, 0.15) is 0 Å². The van der Waals surface area contributed by atoms with Gasteiger partial charge in [-0.25, -0.2) is 8.42 Å². The number of carbonyl (C=O) groups excluding carboxylic acids is 1. The van der Waals surface area contributed by atoms with Gasteiger partial charge in [-0.05, 0) is 64.3 Å². The fraction of sp³-hybridized carbons (Fsp3) is 0.421. The summed E-state index contributed by atoms with van der Waals surface area (Å²) in [5, 5.41) is 1.98. The second kappa shape index (κ2) is 7.31. The van der Waals surface area contributed by atoms with Gasteiger partial charge in [0.25, 0.3) is 0 Å². The van der Waals surface area contributed by atoms with Crippen LogP contribution < -0.4 is 4.90 Å². The number of fused-ring (bicyclic) bond motifs is 1. The highest BCUT2D eigenvalue weighted by molar-refractivity contribution is 9.10. The molecule has 0 saturated carbocycles. The molecule has 144 valence electrons. The average Bonchev–Trinajstić information content (AvgIpc) is 3.38. The molecule has 2 aromatic rings. The fourth-order valence-corrected chi connectivity index (χ4v) is 7.64. The van der Waals surface area contributed by atoms with Crippen molar-refractivity contribution < 1.29 is 13.2 Å². The molecular weight excluding hydrogens is 448 g/mol. The van der Waals surface area contributed by atoms with E-state index in [0.29, 0.717) is 24.0 Å². The average molecular weight is 469 g/mol. The fourth-order valence-electron chi connectivity index (χ4n) is 3.96. The number of nitrogens with zero attached hydrogens (tertiary/aromatic N) is 2. The molecule has 5 nitrogen and oxygen atoms in total. The molecule has 27 heavy (non-hydrogen) atoms. The molecular formula is C19H21BrN2O3S2. The molecule has 3 heterocycles. The van der Waals surface area contributed by atoms with E-state index in [2.05, 4.69) is 15.9 Å². The second-order valence-electron chi connectivity index (χ2n) is 6.85. The maximum absolute atomic E-state index is 13.5. The normalized spacial score (nSPS) is 20.2. The predicted molar refractivity (Wildman–Crippen MR) is 111 cm³/mol. The van der Waals surface area contributed by atoms with Gasteiger partial charge in [0.15, 0.2) is 0 Å². The molecule has 2 aliphatic rings. The quantitative estimate of drug-likeness (QED) is 0.670. The van der Waals surface area contributed by atoms with Crippen molar-refractivity contribution >= 4 is 48.9 Å². The monoisotopic (exact) mass is 468 g/mol. The lowest BCUT2D eigenvalue weighted by atomic mass is 10.2. The number of amides is 1. The van der Waals surface area contributed by atoms with Crippen molar-refractivity contribution in [1.29, 1.82) is 0 Å². The standard InChI is InChI=1S/C19H21BrN2O3S2/c1-2-19(23)21-9-7-13-11-14(20)18(12-16(13)21)27(24,25)22-8-3-5-15(22)17-6-4-10-26-17/h4,6,10-12,15H,2-3,5,7-9H2,1H3/t15-/m0/s1. The smallest absolute Gasteiger partial charge is 0.244 e. The molecule has 4 rings (SSSR count). The topological polar surface area (TPSA) is 57.7 Å². The van der Waals surface area contributed by atoms with Crippen molar-refractivity contribution in [3.63, 3.8) is 0 Å². The van der Waals surface area contributed by atoms with Crippen LogP contribution in [-0.2, 0) is 21.2 Å². The maximum atomic E-state index is 13.5. The number of anilines is 1. The molecule has 0 N–H and O–H groups in total. The van der Waals surface area contributed by atoms with E-state index >= 15 is 0 Å². The van der Waals surface area contributed by atoms with E-state index < -0.39 is 10.0 Å². The van der Waals surface area contributed by atoms with Gasteiger partial charge >= 0.3 is 0 Å². The molecule has 1 aromatic carbocycles. The Bertz CT molecular complexity index is 973. The van der Waals surface area contributed by atoms with E-state index in [0.717, 1.165) is 35.4 Å². The Morgan fingerprint density at radius 2 is 2.15 bits per heavy atom. The third kappa shape index (κ3) is 3.26. The summed E-state index contributed by atoms with van der Waals surface area (Å²) in [7, 11) is -3.67. The Morgan fingerprint density at radius 3 is 2.85 bits per heavy atom. The lowest BCUT2D eigenvalue weighted by Gasteiger charge is -2.25. The zero-order chi connectivity index (χ0) is 19.2. The van der Waals surface area contributed by atoms with Crippen molar-refractivity contribution in [3.8, 4) is 0 Å². The van der Waals surface area contributed by atoms with Crippen molar-refractivity contribution in [2.75, 3.05) is 18.0 Å². The molecule has 1 fully saturated rings. The first-order valence-corrected chi connectivity index (χ1v) is 12.2. The molecule has 1 saturated heterocycles. The molecule has 2 aliphatic heterocycles. The zero-order valence-corrected chi connectivity index (χ0v) is 18.2. The summed E-state index contributed by atoms with van der Waals surface area (Å²) in [6, 6.07) is 7.40. The van der Waals surface area contributed by atoms with Crippen LogP contribution in [0, 0.1) is 0 Å². The largest absolute Gasteiger partial charge is 0.312 e. The summed E-state index contributed by atoms with van der Waals surface area (Å²) >= 11 is 5.06. The van der Waals surface area contributed by atoms with E-state index in [1.54, 1.807) is 26.6 Å². The summed E-state index contributed by atoms with van der Waals surface area (Å²) in [5.74, 6) is 0.0251. The van der Waals surface area contributed by atoms with Gasteiger partial charge in [-0.2, -0.15) is 4.31 Å². The molecule has 8 heteroatoms. The van der Waals surface area contributed by atoms with E-state index in [1.807, 2.05) is 30.5 Å². The maximum Gasteiger partial charge on any atom is 0.244 e. The number of halogens is 1. The number of benzene rings is 1. The van der Waals surface area contributed by atoms with Crippen molar-refractivity contribution in [1.82, 2.24) is 4.31 Å². The van der Waals surface area contributed by atoms with Gasteiger partial charge in [-0.3, -0.25) is 4.79 Å². The van der Waals surface area contributed by atoms with Crippen LogP contribution in [0.1, 0.15) is 42.7 Å². The van der Waals surface area contributed by atoms with Crippen molar-refractivity contribution in [2.24, 2.45) is 0 Å². The van der Waals surface area contributed by atoms with Gasteiger partial charge < -0.3 is 4.90 Å². The SMILES string of the molecule is CCC(=O)N1CCc2cc(Br)c(S(=O)(=O)N3CCC[C@H]3c3cccs3)cc21. The van der Waals surface area contributed by atoms with E-state index in [4.69, 9.17) is 0 Å². The zero-order valence-electron chi connectivity index (χ0n) is 15.0. The molecule has 0 unspecified atom stereocenters. The van der Waals surface area contributed by atoms with Gasteiger partial charge in [0, 0.05) is 34.5 Å². The van der Waals surface area contributed by atoms with Crippen LogP contribution in [0.3, 0.4) is 0 Å². The summed E-state index contributed by atoms with van der Waals surface area (Å²) in [5.41, 5.74) is 1.74. The second-order valence-corrected chi connectivity index (χ2v) is 10.5. The van der Waals surface area contributed by atoms with E-state index in [1.165, 1.54) is 0 Å². The number of hydrogen-bond acceptors (Lipinski definition) is 4. The Kier molecular flexibility index (Phi) is 5.18. The number of rotatable bonds is 4. The minimum absolute atomic E-state index is 0.0251. The molecule has 0 aliphatic carbocycles. The van der Waals surface area contributed by atoms with Gasteiger partial charge in [0.2, 0.25) is 15.9 Å². The predicted octanol–water partition coefficient (Wildman–Crippen LogP) is 4.34. The first-order valence-electron chi connectivity index (χ1n) is 9.11. The van der Waals surface area contributed by atoms with Crippen molar-refractivity contribution in [3.05, 3.63) is 44.6 Å². The summed E-state index contributed by atoms with van der Waals surface area (Å²) in [6.07, 6.45) is 2.85. The highest BCUT2D eigenvalue weighted by atomic mass is 79.9. The van der Waals surface area contributed by atoms with Gasteiger partial charge in [-0.15, -0.1) is 11.3 Å². The van der Waals surface area contributed by atoms with Crippen LogP contribution in [0.4, 0.5) is 5.69 Å². The first kappa shape index (κ1) is 19.1. The first-order chi connectivity index (χ1) is 12.9. The molecule has 0 bridgehead atoms. The van der Waals surface area contributed by atoms with Crippen LogP contribution in [0.15, 0.2) is 39.0 Å². The van der Waals surface area contributed by atoms with Crippen LogP contribution >= 0.6 is 27.3 Å².